The molecule has 0 amide bonds. The van der Waals surface area contributed by atoms with Crippen LogP contribution in [0.2, 0.25) is 19.6 Å². The first kappa shape index (κ1) is 15.3. The largest absolute Gasteiger partial charge is 0.401 e. The average Bonchev–Trinajstić information content (AvgIpc) is 2.25. The number of benzene rings is 1. The van der Waals surface area contributed by atoms with E-state index in [0.717, 1.165) is 6.07 Å². The normalized spacial score (nSPS) is 15.2. The highest BCUT2D eigenvalue weighted by atomic mass is 35.5. The Balaban J connectivity index is 3.30. The molecule has 0 spiro atoms. The maximum absolute atomic E-state index is 13.8. The Morgan fingerprint density at radius 1 is 1.39 bits per heavy atom. The number of rotatable bonds is 5. The molecular weight excluding hydrogens is 278 g/mol. The Hall–Kier alpha value is -0.783. The predicted molar refractivity (Wildman–Crippen MR) is 69.3 cm³/mol. The van der Waals surface area contributed by atoms with Crippen molar-refractivity contribution >= 4 is 26.2 Å². The monoisotopic (exact) mass is 292 g/mol. The molecule has 1 atom stereocenters. The van der Waals surface area contributed by atoms with Crippen LogP contribution < -0.4 is 0 Å². The zero-order chi connectivity index (χ0) is 14.0. The Bertz CT molecular complexity index is 448. The van der Waals surface area contributed by atoms with Crippen molar-refractivity contribution in [3.63, 3.8) is 0 Å². The second-order valence-corrected chi connectivity index (χ2v) is 9.68. The molecule has 0 aliphatic carbocycles. The molecule has 0 aliphatic heterocycles. The number of halogens is 3. The molecular formula is C12H15ClF2O2Si. The van der Waals surface area contributed by atoms with E-state index in [9.17, 15) is 13.6 Å². The summed E-state index contributed by atoms with van der Waals surface area (Å²) in [5.74, 6) is -1.76. The highest BCUT2D eigenvalue weighted by Gasteiger charge is 2.39. The van der Waals surface area contributed by atoms with Crippen LogP contribution in [0.15, 0.2) is 18.2 Å². The van der Waals surface area contributed by atoms with Crippen molar-refractivity contribution in [1.82, 2.24) is 0 Å². The maximum atomic E-state index is 13.8. The molecule has 0 radical (unpaired) electrons. The molecule has 0 fully saturated rings. The summed E-state index contributed by atoms with van der Waals surface area (Å²) in [7, 11) is -2.13. The molecule has 0 saturated heterocycles. The molecule has 0 N–H and O–H groups in total. The van der Waals surface area contributed by atoms with Crippen molar-refractivity contribution in [3.8, 4) is 0 Å². The summed E-state index contributed by atoms with van der Waals surface area (Å²) in [4.78, 5) is 11.3. The van der Waals surface area contributed by atoms with E-state index in [-0.39, 0.29) is 11.4 Å². The van der Waals surface area contributed by atoms with Crippen LogP contribution in [0.25, 0.3) is 0 Å². The van der Waals surface area contributed by atoms with E-state index in [0.29, 0.717) is 12.4 Å². The van der Waals surface area contributed by atoms with Gasteiger partial charge in [-0.1, -0.05) is 0 Å². The standard InChI is InChI=1S/C12H15ClF2O2Si/c1-18(2,3)17-12(7-13,8-16)10-5-4-9(14)6-11(10)15/h4-6,8H,7H2,1-3H3/t12-/m0/s1. The van der Waals surface area contributed by atoms with Crippen molar-refractivity contribution in [1.29, 1.82) is 0 Å². The van der Waals surface area contributed by atoms with Crippen molar-refractivity contribution in [2.45, 2.75) is 25.2 Å². The van der Waals surface area contributed by atoms with Crippen molar-refractivity contribution in [2.75, 3.05) is 5.88 Å². The van der Waals surface area contributed by atoms with Crippen LogP contribution in [0.1, 0.15) is 5.56 Å². The van der Waals surface area contributed by atoms with Crippen molar-refractivity contribution in [2.24, 2.45) is 0 Å². The quantitative estimate of drug-likeness (QED) is 0.472. The summed E-state index contributed by atoms with van der Waals surface area (Å²) < 4.78 is 32.4. The van der Waals surface area contributed by atoms with Crippen LogP contribution in [-0.4, -0.2) is 20.5 Å². The van der Waals surface area contributed by atoms with E-state index in [1.54, 1.807) is 0 Å². The Morgan fingerprint density at radius 2 is 2.00 bits per heavy atom. The number of alkyl halides is 1. The number of hydrogen-bond donors (Lipinski definition) is 0. The minimum absolute atomic E-state index is 0.0312. The lowest BCUT2D eigenvalue weighted by molar-refractivity contribution is -0.121. The van der Waals surface area contributed by atoms with Crippen LogP contribution in [-0.2, 0) is 14.8 Å². The fourth-order valence-corrected chi connectivity index (χ4v) is 3.33. The second-order valence-electron chi connectivity index (χ2n) is 4.98. The number of aldehydes is 1. The lowest BCUT2D eigenvalue weighted by Crippen LogP contribution is -2.44. The first-order valence-corrected chi connectivity index (χ1v) is 9.36. The molecule has 1 aromatic carbocycles. The van der Waals surface area contributed by atoms with Crippen molar-refractivity contribution < 1.29 is 18.0 Å². The topological polar surface area (TPSA) is 26.3 Å². The van der Waals surface area contributed by atoms with Gasteiger partial charge in [-0.15, -0.1) is 11.6 Å². The zero-order valence-electron chi connectivity index (χ0n) is 10.5. The van der Waals surface area contributed by atoms with Gasteiger partial charge in [0.15, 0.2) is 20.2 Å². The van der Waals surface area contributed by atoms with Gasteiger partial charge in [0.25, 0.3) is 0 Å². The van der Waals surface area contributed by atoms with Crippen LogP contribution >= 0.6 is 11.6 Å². The van der Waals surface area contributed by atoms with E-state index in [4.69, 9.17) is 16.0 Å². The van der Waals surface area contributed by atoms with Gasteiger partial charge >= 0.3 is 0 Å². The van der Waals surface area contributed by atoms with E-state index in [1.165, 1.54) is 6.07 Å². The van der Waals surface area contributed by atoms with Gasteiger partial charge in [0.2, 0.25) is 0 Å². The Kier molecular flexibility index (Phi) is 4.64. The smallest absolute Gasteiger partial charge is 0.185 e. The Morgan fingerprint density at radius 3 is 2.39 bits per heavy atom. The molecule has 18 heavy (non-hydrogen) atoms. The van der Waals surface area contributed by atoms with Gasteiger partial charge in [0.05, 0.1) is 5.88 Å². The first-order valence-electron chi connectivity index (χ1n) is 5.42. The van der Waals surface area contributed by atoms with Crippen LogP contribution in [0.5, 0.6) is 0 Å². The van der Waals surface area contributed by atoms with Crippen LogP contribution in [0.4, 0.5) is 8.78 Å². The molecule has 0 bridgehead atoms. The van der Waals surface area contributed by atoms with Gasteiger partial charge in [-0.3, -0.25) is 4.79 Å². The highest BCUT2D eigenvalue weighted by molar-refractivity contribution is 6.70. The van der Waals surface area contributed by atoms with Gasteiger partial charge in [-0.2, -0.15) is 0 Å². The van der Waals surface area contributed by atoms with E-state index < -0.39 is 25.6 Å². The lowest BCUT2D eigenvalue weighted by Gasteiger charge is -2.33. The second kappa shape index (κ2) is 5.46. The van der Waals surface area contributed by atoms with Crippen LogP contribution in [0.3, 0.4) is 0 Å². The minimum Gasteiger partial charge on any atom is -0.401 e. The summed E-state index contributed by atoms with van der Waals surface area (Å²) >= 11 is 5.78. The fraction of sp³-hybridized carbons (Fsp3) is 0.417. The molecule has 1 aromatic rings. The highest BCUT2D eigenvalue weighted by Crippen LogP contribution is 2.31. The average molecular weight is 293 g/mol. The van der Waals surface area contributed by atoms with E-state index in [1.807, 2.05) is 19.6 Å². The van der Waals surface area contributed by atoms with Gasteiger partial charge in [-0.05, 0) is 31.8 Å². The summed E-state index contributed by atoms with van der Waals surface area (Å²) in [5.41, 5.74) is -1.58. The number of carbonyl (C=O) groups is 1. The van der Waals surface area contributed by atoms with Gasteiger partial charge < -0.3 is 4.43 Å². The first-order chi connectivity index (χ1) is 8.24. The van der Waals surface area contributed by atoms with E-state index in [2.05, 4.69) is 0 Å². The molecule has 1 rings (SSSR count). The molecule has 0 saturated carbocycles. The SMILES string of the molecule is C[Si](C)(C)O[C@](C=O)(CCl)c1ccc(F)cc1F. The lowest BCUT2D eigenvalue weighted by atomic mass is 9.97. The molecule has 6 heteroatoms. The molecule has 100 valence electrons. The van der Waals surface area contributed by atoms with Gasteiger partial charge in [0.1, 0.15) is 11.6 Å². The van der Waals surface area contributed by atoms with Crippen LogP contribution in [0, 0.1) is 11.6 Å². The van der Waals surface area contributed by atoms with Crippen molar-refractivity contribution in [3.05, 3.63) is 35.4 Å². The third kappa shape index (κ3) is 3.37. The predicted octanol–water partition coefficient (Wildman–Crippen LogP) is 3.45. The Labute approximate surface area is 111 Å². The minimum atomic E-state index is -2.13. The summed E-state index contributed by atoms with van der Waals surface area (Å²) in [6.07, 6.45) is 0.481. The third-order valence-corrected chi connectivity index (χ3v) is 3.64. The number of carbonyl (C=O) groups excluding carboxylic acids is 1. The summed E-state index contributed by atoms with van der Waals surface area (Å²) in [6, 6.07) is 2.99. The van der Waals surface area contributed by atoms with Gasteiger partial charge in [-0.25, -0.2) is 8.78 Å². The number of hydrogen-bond acceptors (Lipinski definition) is 2. The zero-order valence-corrected chi connectivity index (χ0v) is 12.2. The molecule has 0 heterocycles. The molecule has 0 aromatic heterocycles. The summed E-state index contributed by atoms with van der Waals surface area (Å²) in [5, 5.41) is 0. The molecule has 2 nitrogen and oxygen atoms in total. The molecule has 0 unspecified atom stereocenters. The summed E-state index contributed by atoms with van der Waals surface area (Å²) in [6.45, 7) is 5.58. The maximum Gasteiger partial charge on any atom is 0.185 e. The molecule has 0 aliphatic rings. The fourth-order valence-electron chi connectivity index (χ4n) is 1.65. The van der Waals surface area contributed by atoms with Gasteiger partial charge in [0, 0.05) is 11.6 Å². The third-order valence-electron chi connectivity index (χ3n) is 2.26. The van der Waals surface area contributed by atoms with E-state index >= 15 is 0 Å².